The van der Waals surface area contributed by atoms with E-state index in [0.29, 0.717) is 25.7 Å². The van der Waals surface area contributed by atoms with Gasteiger partial charge in [-0.2, -0.15) is 0 Å². The van der Waals surface area contributed by atoms with Gasteiger partial charge in [0.2, 0.25) is 0 Å². The van der Waals surface area contributed by atoms with E-state index in [1.54, 1.807) is 0 Å². The number of carboxylic acids is 1. The Morgan fingerprint density at radius 2 is 1.14 bits per heavy atom. The molecule has 1 unspecified atom stereocenters. The van der Waals surface area contributed by atoms with E-state index in [0.717, 1.165) is 103 Å². The molecule has 0 aromatic heterocycles. The summed E-state index contributed by atoms with van der Waals surface area (Å²) in [6, 6.07) is 0. The Bertz CT molecular complexity index is 776. The minimum absolute atomic E-state index is 0.0182. The summed E-state index contributed by atoms with van der Waals surface area (Å²) in [7, 11) is 0. The molecular weight excluding hydrogens is 560 g/mol. The van der Waals surface area contributed by atoms with Crippen molar-refractivity contribution in [3.05, 3.63) is 24.8 Å². The van der Waals surface area contributed by atoms with Crippen molar-refractivity contribution in [2.75, 3.05) is 13.2 Å². The van der Waals surface area contributed by atoms with Crippen LogP contribution < -0.4 is 0 Å². The van der Waals surface area contributed by atoms with Gasteiger partial charge in [0, 0.05) is 32.1 Å². The van der Waals surface area contributed by atoms with E-state index in [1.807, 2.05) is 6.08 Å². The van der Waals surface area contributed by atoms with E-state index in [1.165, 1.54) is 12.8 Å². The van der Waals surface area contributed by atoms with Gasteiger partial charge in [-0.05, 0) is 64.2 Å². The third-order valence-electron chi connectivity index (χ3n) is 7.37. The number of hydrogen-bond acceptors (Lipinski definition) is 7. The second kappa shape index (κ2) is 31.8. The van der Waals surface area contributed by atoms with Crippen molar-refractivity contribution >= 4 is 23.9 Å². The monoisotopic (exact) mass is 622 g/mol. The summed E-state index contributed by atoms with van der Waals surface area (Å²) in [5.74, 6) is -1.54. The molecular formula is C36H62O8. The zero-order chi connectivity index (χ0) is 32.5. The Morgan fingerprint density at radius 1 is 0.614 bits per heavy atom. The summed E-state index contributed by atoms with van der Waals surface area (Å²) in [6.45, 7) is 6.34. The van der Waals surface area contributed by atoms with Gasteiger partial charge in [0.1, 0.15) is 6.10 Å². The molecule has 0 aromatic rings. The van der Waals surface area contributed by atoms with Crippen molar-refractivity contribution < 1.29 is 38.5 Å². The Kier molecular flexibility index (Phi) is 29.9. The highest BCUT2D eigenvalue weighted by Gasteiger charge is 2.13. The first-order valence-corrected chi connectivity index (χ1v) is 17.4. The normalized spacial score (nSPS) is 11.8. The molecule has 254 valence electrons. The topological polar surface area (TPSA) is 116 Å². The SMILES string of the molecule is C=CCCCCCCCC(=O)OCCCC(=O)OC(C/C=C\CCCCCCCC(=O)OCCCC(=O)O)CCCCCC. The van der Waals surface area contributed by atoms with Crippen LogP contribution in [0.3, 0.4) is 0 Å². The van der Waals surface area contributed by atoms with Crippen LogP contribution in [0.5, 0.6) is 0 Å². The van der Waals surface area contributed by atoms with E-state index in [2.05, 4.69) is 25.7 Å². The highest BCUT2D eigenvalue weighted by molar-refractivity contribution is 5.70. The van der Waals surface area contributed by atoms with E-state index in [4.69, 9.17) is 19.3 Å². The molecule has 8 nitrogen and oxygen atoms in total. The lowest BCUT2D eigenvalue weighted by Crippen LogP contribution is -2.18. The molecule has 0 rings (SSSR count). The third kappa shape index (κ3) is 30.8. The molecule has 0 aliphatic heterocycles. The van der Waals surface area contributed by atoms with Gasteiger partial charge in [-0.3, -0.25) is 19.2 Å². The second-order valence-electron chi connectivity index (χ2n) is 11.6. The molecule has 44 heavy (non-hydrogen) atoms. The first kappa shape index (κ1) is 41.4. The number of hydrogen-bond donors (Lipinski definition) is 1. The van der Waals surface area contributed by atoms with E-state index >= 15 is 0 Å². The fourth-order valence-corrected chi connectivity index (χ4v) is 4.74. The number of rotatable bonds is 32. The van der Waals surface area contributed by atoms with Crippen LogP contribution in [0.1, 0.15) is 161 Å². The molecule has 0 heterocycles. The number of unbranched alkanes of at least 4 members (excludes halogenated alkanes) is 13. The van der Waals surface area contributed by atoms with Crippen molar-refractivity contribution in [2.24, 2.45) is 0 Å². The fourth-order valence-electron chi connectivity index (χ4n) is 4.74. The number of allylic oxidation sites excluding steroid dienone is 2. The number of carbonyl (C=O) groups excluding carboxylic acids is 3. The van der Waals surface area contributed by atoms with Crippen LogP contribution in [-0.4, -0.2) is 48.3 Å². The van der Waals surface area contributed by atoms with Crippen LogP contribution in [0.25, 0.3) is 0 Å². The van der Waals surface area contributed by atoms with E-state index < -0.39 is 5.97 Å². The van der Waals surface area contributed by atoms with Gasteiger partial charge >= 0.3 is 23.9 Å². The van der Waals surface area contributed by atoms with Gasteiger partial charge in [0.15, 0.2) is 0 Å². The number of aliphatic carboxylic acids is 1. The molecule has 8 heteroatoms. The number of carbonyl (C=O) groups is 4. The molecule has 0 aliphatic carbocycles. The molecule has 0 saturated carbocycles. The Morgan fingerprint density at radius 3 is 1.73 bits per heavy atom. The minimum atomic E-state index is -0.878. The molecule has 0 saturated heterocycles. The highest BCUT2D eigenvalue weighted by atomic mass is 16.5. The van der Waals surface area contributed by atoms with Crippen molar-refractivity contribution in [3.8, 4) is 0 Å². The van der Waals surface area contributed by atoms with E-state index in [-0.39, 0.29) is 50.1 Å². The highest BCUT2D eigenvalue weighted by Crippen LogP contribution is 2.15. The lowest BCUT2D eigenvalue weighted by Gasteiger charge is -2.16. The largest absolute Gasteiger partial charge is 0.481 e. The molecule has 0 bridgehead atoms. The van der Waals surface area contributed by atoms with Crippen LogP contribution in [0.2, 0.25) is 0 Å². The smallest absolute Gasteiger partial charge is 0.306 e. The van der Waals surface area contributed by atoms with Gasteiger partial charge in [-0.1, -0.05) is 82.9 Å². The average molecular weight is 623 g/mol. The molecule has 0 spiro atoms. The van der Waals surface area contributed by atoms with Crippen molar-refractivity contribution in [2.45, 2.75) is 167 Å². The van der Waals surface area contributed by atoms with Gasteiger partial charge in [-0.25, -0.2) is 0 Å². The average Bonchev–Trinajstić information content (AvgIpc) is 2.99. The van der Waals surface area contributed by atoms with Gasteiger partial charge < -0.3 is 19.3 Å². The van der Waals surface area contributed by atoms with Crippen molar-refractivity contribution in [3.63, 3.8) is 0 Å². The summed E-state index contributed by atoms with van der Waals surface area (Å²) in [6.07, 6.45) is 26.5. The summed E-state index contributed by atoms with van der Waals surface area (Å²) >= 11 is 0. The summed E-state index contributed by atoms with van der Waals surface area (Å²) in [4.78, 5) is 46.5. The zero-order valence-electron chi connectivity index (χ0n) is 27.7. The molecule has 1 atom stereocenters. The predicted octanol–water partition coefficient (Wildman–Crippen LogP) is 9.19. The standard InChI is InChI=1S/C36H62O8/c1-3-5-7-9-12-16-20-28-35(40)43-31-23-29-36(41)44-32(24-18-8-6-4-2)25-19-15-13-10-11-14-17-21-27-34(39)42-30-22-26-33(37)38/h3,15,19,32H,1,4-14,16-18,20-31H2,2H3,(H,37,38)/b19-15-. The molecule has 0 amide bonds. The lowest BCUT2D eigenvalue weighted by atomic mass is 10.1. The minimum Gasteiger partial charge on any atom is -0.481 e. The molecule has 0 fully saturated rings. The second-order valence-corrected chi connectivity index (χ2v) is 11.6. The van der Waals surface area contributed by atoms with Crippen LogP contribution in [-0.2, 0) is 33.4 Å². The van der Waals surface area contributed by atoms with Crippen molar-refractivity contribution in [1.82, 2.24) is 0 Å². The molecule has 0 radical (unpaired) electrons. The third-order valence-corrected chi connectivity index (χ3v) is 7.37. The Hall–Kier alpha value is -2.64. The van der Waals surface area contributed by atoms with Crippen molar-refractivity contribution in [1.29, 1.82) is 0 Å². The predicted molar refractivity (Wildman–Crippen MR) is 175 cm³/mol. The Balaban J connectivity index is 4.03. The summed E-state index contributed by atoms with van der Waals surface area (Å²) in [5, 5.41) is 8.58. The number of esters is 3. The van der Waals surface area contributed by atoms with Gasteiger partial charge in [0.05, 0.1) is 13.2 Å². The van der Waals surface area contributed by atoms with Crippen LogP contribution in [0, 0.1) is 0 Å². The molecule has 0 aromatic carbocycles. The zero-order valence-corrected chi connectivity index (χ0v) is 27.7. The van der Waals surface area contributed by atoms with E-state index in [9.17, 15) is 19.2 Å². The summed E-state index contributed by atoms with van der Waals surface area (Å²) < 4.78 is 16.1. The quantitative estimate of drug-likeness (QED) is 0.0342. The van der Waals surface area contributed by atoms with Crippen LogP contribution in [0.4, 0.5) is 0 Å². The van der Waals surface area contributed by atoms with Crippen LogP contribution in [0.15, 0.2) is 24.8 Å². The first-order chi connectivity index (χ1) is 21.4. The maximum Gasteiger partial charge on any atom is 0.306 e. The maximum absolute atomic E-state index is 12.5. The maximum atomic E-state index is 12.5. The number of ether oxygens (including phenoxy) is 3. The first-order valence-electron chi connectivity index (χ1n) is 17.4. The van der Waals surface area contributed by atoms with Gasteiger partial charge in [-0.15, -0.1) is 6.58 Å². The molecule has 1 N–H and O–H groups in total. The number of carboxylic acid groups (broad SMARTS) is 1. The van der Waals surface area contributed by atoms with Crippen LogP contribution >= 0.6 is 0 Å². The lowest BCUT2D eigenvalue weighted by molar-refractivity contribution is -0.151. The van der Waals surface area contributed by atoms with Gasteiger partial charge in [0.25, 0.3) is 0 Å². The fraction of sp³-hybridized carbons (Fsp3) is 0.778. The Labute approximate surface area is 267 Å². The molecule has 0 aliphatic rings. The summed E-state index contributed by atoms with van der Waals surface area (Å²) in [5.41, 5.74) is 0.